The van der Waals surface area contributed by atoms with Crippen molar-refractivity contribution in [2.24, 2.45) is 0 Å². The Labute approximate surface area is 112 Å². The molecule has 19 heavy (non-hydrogen) atoms. The Bertz CT molecular complexity index is 550. The van der Waals surface area contributed by atoms with Gasteiger partial charge in [-0.1, -0.05) is 12.1 Å². The lowest BCUT2D eigenvalue weighted by Crippen LogP contribution is -2.21. The van der Waals surface area contributed by atoms with Crippen LogP contribution in [-0.2, 0) is 13.1 Å². The molecule has 1 aromatic carbocycles. The maximum Gasteiger partial charge on any atom is 0.140 e. The summed E-state index contributed by atoms with van der Waals surface area (Å²) < 4.78 is 15.4. The number of halogens is 1. The van der Waals surface area contributed by atoms with Gasteiger partial charge in [0.15, 0.2) is 0 Å². The van der Waals surface area contributed by atoms with Gasteiger partial charge in [0.25, 0.3) is 0 Å². The molecule has 0 aliphatic heterocycles. The number of aryl methyl sites for hydroxylation is 2. The van der Waals surface area contributed by atoms with Gasteiger partial charge in [0.2, 0.25) is 0 Å². The molecule has 0 amide bonds. The van der Waals surface area contributed by atoms with Crippen molar-refractivity contribution in [1.29, 1.82) is 0 Å². The molecule has 1 atom stereocenters. The molecule has 102 valence electrons. The summed E-state index contributed by atoms with van der Waals surface area (Å²) in [5, 5.41) is 7.45. The maximum absolute atomic E-state index is 13.5. The molecule has 0 saturated carbocycles. The van der Waals surface area contributed by atoms with Crippen molar-refractivity contribution in [1.82, 2.24) is 20.1 Å². The van der Waals surface area contributed by atoms with Crippen molar-refractivity contribution < 1.29 is 4.39 Å². The van der Waals surface area contributed by atoms with Crippen molar-refractivity contribution in [2.75, 3.05) is 0 Å². The molecule has 2 aromatic rings. The average Bonchev–Trinajstić information content (AvgIpc) is 2.86. The van der Waals surface area contributed by atoms with E-state index in [2.05, 4.69) is 15.4 Å². The monoisotopic (exact) mass is 262 g/mol. The zero-order chi connectivity index (χ0) is 13.8. The highest BCUT2D eigenvalue weighted by atomic mass is 19.1. The molecule has 1 N–H and O–H groups in total. The topological polar surface area (TPSA) is 42.7 Å². The van der Waals surface area contributed by atoms with E-state index < -0.39 is 0 Å². The Hall–Kier alpha value is -1.75. The van der Waals surface area contributed by atoms with Crippen LogP contribution >= 0.6 is 0 Å². The predicted octanol–water partition coefficient (Wildman–Crippen LogP) is 2.60. The number of benzene rings is 1. The third-order valence-electron chi connectivity index (χ3n) is 3.26. The molecule has 1 heterocycles. The summed E-state index contributed by atoms with van der Waals surface area (Å²) in [6.07, 6.45) is 1.55. The first-order valence-corrected chi connectivity index (χ1v) is 6.48. The average molecular weight is 262 g/mol. The van der Waals surface area contributed by atoms with Crippen LogP contribution in [0.2, 0.25) is 0 Å². The van der Waals surface area contributed by atoms with E-state index in [0.717, 1.165) is 17.9 Å². The second kappa shape index (κ2) is 5.93. The summed E-state index contributed by atoms with van der Waals surface area (Å²) in [7, 11) is 0. The highest BCUT2D eigenvalue weighted by molar-refractivity contribution is 5.25. The predicted molar refractivity (Wildman–Crippen MR) is 72.1 cm³/mol. The third kappa shape index (κ3) is 3.17. The van der Waals surface area contributed by atoms with Gasteiger partial charge in [-0.15, -0.1) is 0 Å². The second-order valence-electron chi connectivity index (χ2n) is 4.60. The Morgan fingerprint density at radius 2 is 2.21 bits per heavy atom. The third-order valence-corrected chi connectivity index (χ3v) is 3.26. The van der Waals surface area contributed by atoms with Crippen LogP contribution in [0.3, 0.4) is 0 Å². The van der Waals surface area contributed by atoms with Gasteiger partial charge in [-0.2, -0.15) is 5.10 Å². The van der Waals surface area contributed by atoms with Crippen molar-refractivity contribution in [3.63, 3.8) is 0 Å². The van der Waals surface area contributed by atoms with Crippen LogP contribution in [0.1, 0.15) is 36.8 Å². The van der Waals surface area contributed by atoms with Gasteiger partial charge in [-0.05, 0) is 38.0 Å². The van der Waals surface area contributed by atoms with E-state index in [1.54, 1.807) is 25.4 Å². The van der Waals surface area contributed by atoms with Crippen molar-refractivity contribution >= 4 is 0 Å². The molecule has 0 spiro atoms. The van der Waals surface area contributed by atoms with Crippen LogP contribution in [0.5, 0.6) is 0 Å². The van der Waals surface area contributed by atoms with Gasteiger partial charge >= 0.3 is 0 Å². The van der Waals surface area contributed by atoms with Gasteiger partial charge in [-0.3, -0.25) is 0 Å². The SMILES string of the molecule is CCn1ncnc1CNC(C)c1ccc(C)c(F)c1. The number of nitrogens with zero attached hydrogens (tertiary/aromatic N) is 3. The highest BCUT2D eigenvalue weighted by Crippen LogP contribution is 2.16. The minimum Gasteiger partial charge on any atom is -0.303 e. The maximum atomic E-state index is 13.5. The van der Waals surface area contributed by atoms with Crippen LogP contribution in [0.25, 0.3) is 0 Å². The molecule has 0 radical (unpaired) electrons. The molecule has 0 fully saturated rings. The molecule has 0 bridgehead atoms. The smallest absolute Gasteiger partial charge is 0.140 e. The van der Waals surface area contributed by atoms with Crippen LogP contribution in [-0.4, -0.2) is 14.8 Å². The molecule has 2 rings (SSSR count). The minimum atomic E-state index is -0.164. The quantitative estimate of drug-likeness (QED) is 0.900. The first-order chi connectivity index (χ1) is 9.11. The van der Waals surface area contributed by atoms with E-state index in [-0.39, 0.29) is 11.9 Å². The van der Waals surface area contributed by atoms with Crippen LogP contribution in [0.4, 0.5) is 4.39 Å². The molecule has 0 saturated heterocycles. The molecular formula is C14H19FN4. The number of aromatic nitrogens is 3. The van der Waals surface area contributed by atoms with Gasteiger partial charge in [-0.25, -0.2) is 14.1 Å². The Morgan fingerprint density at radius 3 is 2.89 bits per heavy atom. The zero-order valence-corrected chi connectivity index (χ0v) is 11.5. The number of nitrogens with one attached hydrogen (secondary N) is 1. The van der Waals surface area contributed by atoms with Crippen LogP contribution in [0, 0.1) is 12.7 Å². The van der Waals surface area contributed by atoms with Gasteiger partial charge in [0.1, 0.15) is 18.0 Å². The summed E-state index contributed by atoms with van der Waals surface area (Å²) >= 11 is 0. The summed E-state index contributed by atoms with van der Waals surface area (Å²) in [4.78, 5) is 4.20. The molecule has 4 nitrogen and oxygen atoms in total. The lowest BCUT2D eigenvalue weighted by Gasteiger charge is -2.14. The number of hydrogen-bond acceptors (Lipinski definition) is 3. The molecule has 1 aromatic heterocycles. The van der Waals surface area contributed by atoms with E-state index in [0.29, 0.717) is 12.1 Å². The largest absolute Gasteiger partial charge is 0.303 e. The zero-order valence-electron chi connectivity index (χ0n) is 11.5. The van der Waals surface area contributed by atoms with Gasteiger partial charge in [0.05, 0.1) is 6.54 Å². The summed E-state index contributed by atoms with van der Waals surface area (Å²) in [6, 6.07) is 5.40. The van der Waals surface area contributed by atoms with E-state index in [4.69, 9.17) is 0 Å². The molecule has 5 heteroatoms. The van der Waals surface area contributed by atoms with Crippen molar-refractivity contribution in [2.45, 2.75) is 39.9 Å². The van der Waals surface area contributed by atoms with Crippen molar-refractivity contribution in [3.8, 4) is 0 Å². The first kappa shape index (κ1) is 13.7. The minimum absolute atomic E-state index is 0.0668. The molecule has 0 aliphatic rings. The standard InChI is InChI=1S/C14H19FN4/c1-4-19-14(17-9-18-19)8-16-11(3)12-6-5-10(2)13(15)7-12/h5-7,9,11,16H,4,8H2,1-3H3. The van der Waals surface area contributed by atoms with E-state index in [1.165, 1.54) is 0 Å². The van der Waals surface area contributed by atoms with Gasteiger partial charge < -0.3 is 5.32 Å². The van der Waals surface area contributed by atoms with E-state index in [9.17, 15) is 4.39 Å². The van der Waals surface area contributed by atoms with E-state index in [1.807, 2.05) is 24.6 Å². The van der Waals surface area contributed by atoms with Crippen LogP contribution in [0.15, 0.2) is 24.5 Å². The normalized spacial score (nSPS) is 12.6. The molecular weight excluding hydrogens is 243 g/mol. The highest BCUT2D eigenvalue weighted by Gasteiger charge is 2.09. The summed E-state index contributed by atoms with van der Waals surface area (Å²) in [6.45, 7) is 7.21. The lowest BCUT2D eigenvalue weighted by atomic mass is 10.1. The Morgan fingerprint density at radius 1 is 1.42 bits per heavy atom. The summed E-state index contributed by atoms with van der Waals surface area (Å²) in [5.74, 6) is 0.727. The Kier molecular flexibility index (Phi) is 4.27. The number of hydrogen-bond donors (Lipinski definition) is 1. The number of rotatable bonds is 5. The fraction of sp³-hybridized carbons (Fsp3) is 0.429. The fourth-order valence-electron chi connectivity index (χ4n) is 1.93. The van der Waals surface area contributed by atoms with E-state index >= 15 is 0 Å². The first-order valence-electron chi connectivity index (χ1n) is 6.48. The fourth-order valence-corrected chi connectivity index (χ4v) is 1.93. The molecule has 1 unspecified atom stereocenters. The summed E-state index contributed by atoms with van der Waals surface area (Å²) in [5.41, 5.74) is 1.60. The molecule has 0 aliphatic carbocycles. The Balaban J connectivity index is 2.01. The van der Waals surface area contributed by atoms with Crippen molar-refractivity contribution in [3.05, 3.63) is 47.3 Å². The second-order valence-corrected chi connectivity index (χ2v) is 4.60. The van der Waals surface area contributed by atoms with Crippen LogP contribution < -0.4 is 5.32 Å². The van der Waals surface area contributed by atoms with Gasteiger partial charge in [0, 0.05) is 12.6 Å². The lowest BCUT2D eigenvalue weighted by molar-refractivity contribution is 0.520.